The first-order chi connectivity index (χ1) is 9.44. The minimum atomic E-state index is -4.39. The Bertz CT molecular complexity index is 616. The Morgan fingerprint density at radius 3 is 2.70 bits per heavy atom. The number of rotatable bonds is 4. The van der Waals surface area contributed by atoms with E-state index in [1.54, 1.807) is 6.07 Å². The molecule has 0 aliphatic carbocycles. The number of carbonyl (C=O) groups is 1. The molecule has 1 N–H and O–H groups in total. The molecule has 20 heavy (non-hydrogen) atoms. The molecule has 0 aliphatic heterocycles. The maximum atomic E-state index is 11.9. The largest absolute Gasteiger partial charge is 0.405 e. The molecule has 1 aromatic carbocycles. The lowest BCUT2D eigenvalue weighted by Crippen LogP contribution is -2.34. The van der Waals surface area contributed by atoms with Crippen LogP contribution < -0.4 is 5.32 Å². The van der Waals surface area contributed by atoms with Gasteiger partial charge in [0.05, 0.1) is 16.3 Å². The van der Waals surface area contributed by atoms with Crippen LogP contribution in [0.25, 0.3) is 10.9 Å². The highest BCUT2D eigenvalue weighted by atomic mass is 32.2. The van der Waals surface area contributed by atoms with E-state index in [9.17, 15) is 18.0 Å². The SMILES string of the molecule is O=C(CSc1ccc2ccccc2n1)NCC(F)(F)F. The van der Waals surface area contributed by atoms with Gasteiger partial charge in [0.2, 0.25) is 5.91 Å². The molecule has 0 unspecified atom stereocenters. The van der Waals surface area contributed by atoms with Crippen LogP contribution in [0.5, 0.6) is 0 Å². The van der Waals surface area contributed by atoms with E-state index >= 15 is 0 Å². The van der Waals surface area contributed by atoms with Gasteiger partial charge in [0.25, 0.3) is 0 Å². The number of halogens is 3. The topological polar surface area (TPSA) is 42.0 Å². The van der Waals surface area contributed by atoms with Gasteiger partial charge in [-0.2, -0.15) is 13.2 Å². The van der Waals surface area contributed by atoms with E-state index in [0.717, 1.165) is 22.7 Å². The van der Waals surface area contributed by atoms with E-state index in [0.29, 0.717) is 5.03 Å². The second-order valence-electron chi connectivity index (χ2n) is 4.02. The first-order valence-electron chi connectivity index (χ1n) is 5.76. The summed E-state index contributed by atoms with van der Waals surface area (Å²) >= 11 is 1.10. The fourth-order valence-electron chi connectivity index (χ4n) is 1.52. The summed E-state index contributed by atoms with van der Waals surface area (Å²) in [6.45, 7) is -1.31. The molecule has 0 radical (unpaired) electrons. The van der Waals surface area contributed by atoms with Crippen molar-refractivity contribution in [1.82, 2.24) is 10.3 Å². The number of benzene rings is 1. The maximum Gasteiger partial charge on any atom is 0.405 e. The van der Waals surface area contributed by atoms with Gasteiger partial charge in [0.1, 0.15) is 6.54 Å². The van der Waals surface area contributed by atoms with Gasteiger partial charge in [0, 0.05) is 5.39 Å². The highest BCUT2D eigenvalue weighted by Gasteiger charge is 2.27. The maximum absolute atomic E-state index is 11.9. The highest BCUT2D eigenvalue weighted by molar-refractivity contribution is 7.99. The van der Waals surface area contributed by atoms with Crippen molar-refractivity contribution in [2.75, 3.05) is 12.3 Å². The molecule has 3 nitrogen and oxygen atoms in total. The van der Waals surface area contributed by atoms with Gasteiger partial charge in [-0.25, -0.2) is 4.98 Å². The number of hydrogen-bond donors (Lipinski definition) is 1. The summed E-state index contributed by atoms with van der Waals surface area (Å²) in [5.74, 6) is -0.760. The molecule has 0 fully saturated rings. The second kappa shape index (κ2) is 6.13. The van der Waals surface area contributed by atoms with Crippen LogP contribution in [0.2, 0.25) is 0 Å². The van der Waals surface area contributed by atoms with Crippen LogP contribution in [0.4, 0.5) is 13.2 Å². The number of carbonyl (C=O) groups excluding carboxylic acids is 1. The van der Waals surface area contributed by atoms with Crippen molar-refractivity contribution >= 4 is 28.6 Å². The smallest absolute Gasteiger partial charge is 0.346 e. The Morgan fingerprint density at radius 2 is 1.95 bits per heavy atom. The van der Waals surface area contributed by atoms with E-state index in [1.165, 1.54) is 0 Å². The fraction of sp³-hybridized carbons (Fsp3) is 0.231. The zero-order chi connectivity index (χ0) is 14.6. The number of thioether (sulfide) groups is 1. The Kier molecular flexibility index (Phi) is 4.49. The number of hydrogen-bond acceptors (Lipinski definition) is 3. The molecule has 1 amide bonds. The summed E-state index contributed by atoms with van der Waals surface area (Å²) in [6, 6.07) is 11.1. The van der Waals surface area contributed by atoms with Crippen LogP contribution in [-0.2, 0) is 4.79 Å². The van der Waals surface area contributed by atoms with E-state index < -0.39 is 18.6 Å². The van der Waals surface area contributed by atoms with Gasteiger partial charge < -0.3 is 5.32 Å². The number of nitrogens with one attached hydrogen (secondary N) is 1. The molecular formula is C13H11F3N2OS. The number of fused-ring (bicyclic) bond motifs is 1. The average Bonchev–Trinajstić information content (AvgIpc) is 2.42. The third-order valence-corrected chi connectivity index (χ3v) is 3.34. The van der Waals surface area contributed by atoms with E-state index in [-0.39, 0.29) is 5.75 Å². The van der Waals surface area contributed by atoms with Crippen LogP contribution in [0, 0.1) is 0 Å². The van der Waals surface area contributed by atoms with Gasteiger partial charge in [-0.05, 0) is 12.1 Å². The van der Waals surface area contributed by atoms with Gasteiger partial charge in [-0.3, -0.25) is 4.79 Å². The van der Waals surface area contributed by atoms with Crippen LogP contribution in [0.3, 0.4) is 0 Å². The van der Waals surface area contributed by atoms with Crippen molar-refractivity contribution in [3.63, 3.8) is 0 Å². The number of amides is 1. The van der Waals surface area contributed by atoms with E-state index in [1.807, 2.05) is 35.6 Å². The zero-order valence-electron chi connectivity index (χ0n) is 10.3. The summed E-state index contributed by atoms with van der Waals surface area (Å²) in [5, 5.41) is 3.39. The average molecular weight is 300 g/mol. The van der Waals surface area contributed by atoms with Crippen molar-refractivity contribution in [2.24, 2.45) is 0 Å². The number of para-hydroxylation sites is 1. The first-order valence-corrected chi connectivity index (χ1v) is 6.75. The molecule has 0 aliphatic rings. The monoisotopic (exact) mass is 300 g/mol. The highest BCUT2D eigenvalue weighted by Crippen LogP contribution is 2.19. The molecule has 7 heteroatoms. The molecule has 1 heterocycles. The molecule has 0 bridgehead atoms. The number of pyridine rings is 1. The molecule has 0 atom stereocenters. The fourth-order valence-corrected chi connectivity index (χ4v) is 2.23. The van der Waals surface area contributed by atoms with E-state index in [2.05, 4.69) is 4.98 Å². The second-order valence-corrected chi connectivity index (χ2v) is 5.02. The van der Waals surface area contributed by atoms with Gasteiger partial charge in [-0.15, -0.1) is 0 Å². The first kappa shape index (κ1) is 14.6. The minimum Gasteiger partial charge on any atom is -0.346 e. The molecule has 0 saturated heterocycles. The molecule has 1 aromatic heterocycles. The normalized spacial score (nSPS) is 11.6. The lowest BCUT2D eigenvalue weighted by Gasteiger charge is -2.08. The molecular weight excluding hydrogens is 289 g/mol. The van der Waals surface area contributed by atoms with Crippen LogP contribution in [0.1, 0.15) is 0 Å². The minimum absolute atomic E-state index is 0.0958. The molecule has 2 aromatic rings. The van der Waals surface area contributed by atoms with Crippen LogP contribution in [-0.4, -0.2) is 29.4 Å². The Balaban J connectivity index is 1.90. The van der Waals surface area contributed by atoms with Crippen LogP contribution >= 0.6 is 11.8 Å². The third kappa shape index (κ3) is 4.41. The summed E-state index contributed by atoms with van der Waals surface area (Å²) in [7, 11) is 0. The van der Waals surface area contributed by atoms with Crippen molar-refractivity contribution < 1.29 is 18.0 Å². The molecule has 0 spiro atoms. The zero-order valence-corrected chi connectivity index (χ0v) is 11.1. The number of alkyl halides is 3. The van der Waals surface area contributed by atoms with Crippen molar-refractivity contribution in [2.45, 2.75) is 11.2 Å². The lowest BCUT2D eigenvalue weighted by molar-refractivity contribution is -0.136. The van der Waals surface area contributed by atoms with Crippen molar-refractivity contribution in [3.05, 3.63) is 36.4 Å². The lowest BCUT2D eigenvalue weighted by atomic mass is 10.2. The van der Waals surface area contributed by atoms with E-state index in [4.69, 9.17) is 0 Å². The summed E-state index contributed by atoms with van der Waals surface area (Å²) in [4.78, 5) is 15.6. The Hall–Kier alpha value is -1.76. The molecule has 0 saturated carbocycles. The predicted molar refractivity (Wildman–Crippen MR) is 71.5 cm³/mol. The van der Waals surface area contributed by atoms with Crippen molar-refractivity contribution in [1.29, 1.82) is 0 Å². The number of nitrogens with zero attached hydrogens (tertiary/aromatic N) is 1. The standard InChI is InChI=1S/C13H11F3N2OS/c14-13(15,16)8-17-11(19)7-20-12-6-5-9-3-1-2-4-10(9)18-12/h1-6H,7-8H2,(H,17,19). The Labute approximate surface area is 117 Å². The summed E-state index contributed by atoms with van der Waals surface area (Å²) in [5.41, 5.74) is 0.785. The van der Waals surface area contributed by atoms with Gasteiger partial charge >= 0.3 is 6.18 Å². The summed E-state index contributed by atoms with van der Waals surface area (Å²) < 4.78 is 35.8. The Morgan fingerprint density at radius 1 is 1.20 bits per heavy atom. The molecule has 106 valence electrons. The quantitative estimate of drug-likeness (QED) is 0.883. The number of aromatic nitrogens is 1. The van der Waals surface area contributed by atoms with Gasteiger partial charge in [-0.1, -0.05) is 36.0 Å². The molecule has 2 rings (SSSR count). The van der Waals surface area contributed by atoms with Crippen LogP contribution in [0.15, 0.2) is 41.4 Å². The summed E-state index contributed by atoms with van der Waals surface area (Å²) in [6.07, 6.45) is -4.39. The predicted octanol–water partition coefficient (Wildman–Crippen LogP) is 3.01. The third-order valence-electron chi connectivity index (χ3n) is 2.41. The van der Waals surface area contributed by atoms with Crippen molar-refractivity contribution in [3.8, 4) is 0 Å². The van der Waals surface area contributed by atoms with Gasteiger partial charge in [0.15, 0.2) is 0 Å².